The Morgan fingerprint density at radius 3 is 2.31 bits per heavy atom. The van der Waals surface area contributed by atoms with Crippen molar-refractivity contribution in [2.75, 3.05) is 25.0 Å². The molecule has 0 unspecified atom stereocenters. The number of anilines is 1. The molecule has 0 aliphatic rings. The first kappa shape index (κ1) is 23.2. The zero-order valence-electron chi connectivity index (χ0n) is 17.9. The molecule has 0 radical (unpaired) electrons. The van der Waals surface area contributed by atoms with Gasteiger partial charge in [-0.15, -0.1) is 6.58 Å². The lowest BCUT2D eigenvalue weighted by molar-refractivity contribution is -0.116. The fourth-order valence-corrected chi connectivity index (χ4v) is 4.59. The smallest absolute Gasteiger partial charge is 0.243 e. The molecule has 3 rings (SSSR count). The van der Waals surface area contributed by atoms with Crippen molar-refractivity contribution in [2.45, 2.75) is 11.8 Å². The van der Waals surface area contributed by atoms with Crippen LogP contribution in [0.5, 0.6) is 5.75 Å². The van der Waals surface area contributed by atoms with Gasteiger partial charge in [0.05, 0.1) is 18.0 Å². The maximum absolute atomic E-state index is 13.1. The Morgan fingerprint density at radius 2 is 1.66 bits per heavy atom. The molecule has 3 aromatic carbocycles. The van der Waals surface area contributed by atoms with E-state index in [0.29, 0.717) is 18.0 Å². The van der Waals surface area contributed by atoms with Gasteiger partial charge in [-0.1, -0.05) is 54.6 Å². The molecule has 166 valence electrons. The summed E-state index contributed by atoms with van der Waals surface area (Å²) in [7, 11) is -3.90. The van der Waals surface area contributed by atoms with Gasteiger partial charge >= 0.3 is 0 Å². The predicted molar refractivity (Wildman–Crippen MR) is 127 cm³/mol. The van der Waals surface area contributed by atoms with E-state index in [0.717, 1.165) is 15.4 Å². The summed E-state index contributed by atoms with van der Waals surface area (Å²) in [6.07, 6.45) is 1.46. The summed E-state index contributed by atoms with van der Waals surface area (Å²) >= 11 is 0. The van der Waals surface area contributed by atoms with Gasteiger partial charge in [0.1, 0.15) is 5.75 Å². The van der Waals surface area contributed by atoms with E-state index in [-0.39, 0.29) is 18.0 Å². The molecule has 0 saturated heterocycles. The Bertz CT molecular complexity index is 1160. The number of rotatable bonds is 10. The molecular weight excluding hydrogens is 424 g/mol. The van der Waals surface area contributed by atoms with Crippen LogP contribution in [0.3, 0.4) is 0 Å². The van der Waals surface area contributed by atoms with Gasteiger partial charge < -0.3 is 10.1 Å². The topological polar surface area (TPSA) is 75.7 Å². The van der Waals surface area contributed by atoms with E-state index in [1.54, 1.807) is 18.2 Å². The van der Waals surface area contributed by atoms with Crippen molar-refractivity contribution in [1.29, 1.82) is 0 Å². The first-order valence-corrected chi connectivity index (χ1v) is 11.7. The average Bonchev–Trinajstić information content (AvgIpc) is 2.80. The molecule has 3 aromatic rings. The van der Waals surface area contributed by atoms with Crippen molar-refractivity contribution >= 4 is 21.6 Å². The summed E-state index contributed by atoms with van der Waals surface area (Å²) in [4.78, 5) is 12.9. The lowest BCUT2D eigenvalue weighted by atomic mass is 10.0. The number of ether oxygens (including phenoxy) is 1. The van der Waals surface area contributed by atoms with E-state index in [1.165, 1.54) is 18.2 Å². The van der Waals surface area contributed by atoms with Crippen molar-refractivity contribution in [3.8, 4) is 16.9 Å². The maximum atomic E-state index is 13.1. The minimum absolute atomic E-state index is 0.00327. The molecular formula is C25H26N2O4S. The van der Waals surface area contributed by atoms with E-state index in [1.807, 2.05) is 55.5 Å². The number of hydrogen-bond donors (Lipinski definition) is 1. The highest BCUT2D eigenvalue weighted by atomic mass is 32.2. The molecule has 0 atom stereocenters. The summed E-state index contributed by atoms with van der Waals surface area (Å²) in [5.41, 5.74) is 2.42. The van der Waals surface area contributed by atoms with Gasteiger partial charge in [-0.05, 0) is 42.8 Å². The number of carbonyl (C=O) groups is 1. The summed E-state index contributed by atoms with van der Waals surface area (Å²) < 4.78 is 32.7. The van der Waals surface area contributed by atoms with Crippen molar-refractivity contribution < 1.29 is 17.9 Å². The molecule has 0 heterocycles. The second-order valence-electron chi connectivity index (χ2n) is 6.95. The van der Waals surface area contributed by atoms with E-state index in [4.69, 9.17) is 4.74 Å². The Kier molecular flexibility index (Phi) is 7.81. The highest BCUT2D eigenvalue weighted by Gasteiger charge is 2.26. The summed E-state index contributed by atoms with van der Waals surface area (Å²) in [5.74, 6) is 0.140. The molecule has 0 bridgehead atoms. The Labute approximate surface area is 189 Å². The zero-order valence-corrected chi connectivity index (χ0v) is 18.7. The monoisotopic (exact) mass is 450 g/mol. The highest BCUT2D eigenvalue weighted by Crippen LogP contribution is 2.27. The standard InChI is InChI=1S/C25H26N2O4S/c1-3-18-27(32(29,30)22-16-14-21(15-17-22)31-4-2)19-25(28)26-24-13-9-8-12-23(24)20-10-6-5-7-11-20/h3,5-17H,1,4,18-19H2,2H3,(H,26,28). The van der Waals surface area contributed by atoms with Gasteiger partial charge in [0.2, 0.25) is 15.9 Å². The number of para-hydroxylation sites is 1. The number of hydrogen-bond acceptors (Lipinski definition) is 4. The first-order valence-electron chi connectivity index (χ1n) is 10.2. The zero-order chi connectivity index (χ0) is 23.0. The van der Waals surface area contributed by atoms with Crippen LogP contribution in [-0.4, -0.2) is 38.3 Å². The molecule has 0 fully saturated rings. The van der Waals surface area contributed by atoms with Gasteiger partial charge in [0, 0.05) is 17.8 Å². The van der Waals surface area contributed by atoms with Crippen LogP contribution in [0.15, 0.2) is 96.4 Å². The SMILES string of the molecule is C=CCN(CC(=O)Nc1ccccc1-c1ccccc1)S(=O)(=O)c1ccc(OCC)cc1. The Hall–Kier alpha value is -3.42. The van der Waals surface area contributed by atoms with Gasteiger partial charge in [0.15, 0.2) is 0 Å². The summed E-state index contributed by atoms with van der Waals surface area (Å²) in [6, 6.07) is 23.2. The van der Waals surface area contributed by atoms with Crippen LogP contribution in [-0.2, 0) is 14.8 Å². The molecule has 0 aliphatic heterocycles. The van der Waals surface area contributed by atoms with Gasteiger partial charge in [-0.2, -0.15) is 4.31 Å². The van der Waals surface area contributed by atoms with Crippen LogP contribution in [0, 0.1) is 0 Å². The maximum Gasteiger partial charge on any atom is 0.243 e. The van der Waals surface area contributed by atoms with Crippen LogP contribution in [0.2, 0.25) is 0 Å². The number of benzene rings is 3. The van der Waals surface area contributed by atoms with Crippen LogP contribution in [0.25, 0.3) is 11.1 Å². The van der Waals surface area contributed by atoms with E-state index < -0.39 is 15.9 Å². The Balaban J connectivity index is 1.79. The third kappa shape index (κ3) is 5.63. The van der Waals surface area contributed by atoms with Crippen LogP contribution in [0.1, 0.15) is 6.92 Å². The minimum Gasteiger partial charge on any atom is -0.494 e. The van der Waals surface area contributed by atoms with Crippen LogP contribution in [0.4, 0.5) is 5.69 Å². The van der Waals surface area contributed by atoms with Crippen LogP contribution < -0.4 is 10.1 Å². The van der Waals surface area contributed by atoms with Crippen molar-refractivity contribution in [1.82, 2.24) is 4.31 Å². The predicted octanol–water partition coefficient (Wildman–Crippen LogP) is 4.57. The Morgan fingerprint density at radius 1 is 1.00 bits per heavy atom. The highest BCUT2D eigenvalue weighted by molar-refractivity contribution is 7.89. The summed E-state index contributed by atoms with van der Waals surface area (Å²) in [5, 5.41) is 2.85. The third-order valence-corrected chi connectivity index (χ3v) is 6.54. The van der Waals surface area contributed by atoms with Gasteiger partial charge in [-0.25, -0.2) is 8.42 Å². The molecule has 1 amide bonds. The van der Waals surface area contributed by atoms with Gasteiger partial charge in [0.25, 0.3) is 0 Å². The van der Waals surface area contributed by atoms with E-state index in [2.05, 4.69) is 11.9 Å². The van der Waals surface area contributed by atoms with E-state index in [9.17, 15) is 13.2 Å². The number of carbonyl (C=O) groups excluding carboxylic acids is 1. The van der Waals surface area contributed by atoms with Crippen LogP contribution >= 0.6 is 0 Å². The van der Waals surface area contributed by atoms with E-state index >= 15 is 0 Å². The van der Waals surface area contributed by atoms with Gasteiger partial charge in [-0.3, -0.25) is 4.79 Å². The molecule has 7 heteroatoms. The summed E-state index contributed by atoms with van der Waals surface area (Å²) in [6.45, 7) is 5.63. The second kappa shape index (κ2) is 10.7. The number of nitrogens with one attached hydrogen (secondary N) is 1. The average molecular weight is 451 g/mol. The molecule has 32 heavy (non-hydrogen) atoms. The van der Waals surface area contributed by atoms with Crippen molar-refractivity contribution in [3.05, 3.63) is 91.5 Å². The molecule has 0 aromatic heterocycles. The first-order chi connectivity index (χ1) is 15.5. The fraction of sp³-hybridized carbons (Fsp3) is 0.160. The quantitative estimate of drug-likeness (QED) is 0.459. The van der Waals surface area contributed by atoms with Crippen molar-refractivity contribution in [3.63, 3.8) is 0 Å². The normalized spacial score (nSPS) is 11.2. The minimum atomic E-state index is -3.90. The molecule has 0 saturated carbocycles. The fourth-order valence-electron chi connectivity index (χ4n) is 3.23. The molecule has 6 nitrogen and oxygen atoms in total. The molecule has 1 N–H and O–H groups in total. The second-order valence-corrected chi connectivity index (χ2v) is 8.89. The number of nitrogens with zero attached hydrogens (tertiary/aromatic N) is 1. The number of amides is 1. The largest absolute Gasteiger partial charge is 0.494 e. The molecule has 0 spiro atoms. The van der Waals surface area contributed by atoms with Crippen molar-refractivity contribution in [2.24, 2.45) is 0 Å². The lowest BCUT2D eigenvalue weighted by Crippen LogP contribution is -2.38. The third-order valence-electron chi connectivity index (χ3n) is 4.71. The lowest BCUT2D eigenvalue weighted by Gasteiger charge is -2.21. The molecule has 0 aliphatic carbocycles. The number of sulfonamides is 1.